The summed E-state index contributed by atoms with van der Waals surface area (Å²) < 4.78 is 0. The maximum absolute atomic E-state index is 11.1. The first-order chi connectivity index (χ1) is 6.18. The van der Waals surface area contributed by atoms with Gasteiger partial charge in [-0.25, -0.2) is 0 Å². The van der Waals surface area contributed by atoms with Crippen LogP contribution in [0.5, 0.6) is 0 Å². The van der Waals surface area contributed by atoms with Gasteiger partial charge in [0.15, 0.2) is 0 Å². The van der Waals surface area contributed by atoms with E-state index in [1.54, 1.807) is 0 Å². The van der Waals surface area contributed by atoms with Crippen molar-refractivity contribution in [2.24, 2.45) is 11.7 Å². The summed E-state index contributed by atoms with van der Waals surface area (Å²) in [6.07, 6.45) is 4.50. The van der Waals surface area contributed by atoms with E-state index < -0.39 is 0 Å². The summed E-state index contributed by atoms with van der Waals surface area (Å²) in [4.78, 5) is 11.1. The molecule has 0 saturated carbocycles. The number of rotatable bonds is 7. The van der Waals surface area contributed by atoms with E-state index in [1.807, 2.05) is 13.8 Å². The zero-order chi connectivity index (χ0) is 10.1. The third-order valence-electron chi connectivity index (χ3n) is 1.95. The van der Waals surface area contributed by atoms with Gasteiger partial charge in [0.2, 0.25) is 5.91 Å². The van der Waals surface area contributed by atoms with Crippen molar-refractivity contribution in [3.63, 3.8) is 0 Å². The highest BCUT2D eigenvalue weighted by Gasteiger charge is 2.04. The van der Waals surface area contributed by atoms with Crippen molar-refractivity contribution < 1.29 is 4.79 Å². The monoisotopic (exact) mass is 186 g/mol. The van der Waals surface area contributed by atoms with Gasteiger partial charge in [-0.1, -0.05) is 26.7 Å². The third-order valence-corrected chi connectivity index (χ3v) is 1.95. The number of hydrogen-bond acceptors (Lipinski definition) is 2. The van der Waals surface area contributed by atoms with Crippen LogP contribution in [0.2, 0.25) is 0 Å². The third kappa shape index (κ3) is 7.78. The Labute approximate surface area is 81.1 Å². The second-order valence-corrected chi connectivity index (χ2v) is 3.65. The highest BCUT2D eigenvalue weighted by atomic mass is 16.1. The predicted molar refractivity (Wildman–Crippen MR) is 55.4 cm³/mol. The summed E-state index contributed by atoms with van der Waals surface area (Å²) in [7, 11) is 0. The second kappa shape index (κ2) is 8.05. The van der Waals surface area contributed by atoms with Crippen LogP contribution < -0.4 is 11.1 Å². The number of nitrogens with two attached hydrogens (primary N) is 1. The summed E-state index contributed by atoms with van der Waals surface area (Å²) >= 11 is 0. The SMILES string of the molecule is CC(C)C(=O)NCCCCCCN. The standard InChI is InChI=1S/C10H22N2O/c1-9(2)10(13)12-8-6-4-3-5-7-11/h9H,3-8,11H2,1-2H3,(H,12,13). The molecule has 0 aliphatic rings. The highest BCUT2D eigenvalue weighted by molar-refractivity contribution is 5.77. The van der Waals surface area contributed by atoms with Crippen molar-refractivity contribution in [2.75, 3.05) is 13.1 Å². The van der Waals surface area contributed by atoms with Gasteiger partial charge in [0.25, 0.3) is 0 Å². The minimum absolute atomic E-state index is 0.101. The zero-order valence-electron chi connectivity index (χ0n) is 8.81. The van der Waals surface area contributed by atoms with Gasteiger partial charge in [0.05, 0.1) is 0 Å². The zero-order valence-corrected chi connectivity index (χ0v) is 8.81. The van der Waals surface area contributed by atoms with Crippen LogP contribution in [0.3, 0.4) is 0 Å². The summed E-state index contributed by atoms with van der Waals surface area (Å²) in [5.74, 6) is 0.253. The molecule has 3 N–H and O–H groups in total. The molecule has 0 aromatic carbocycles. The Bertz CT molecular complexity index is 135. The van der Waals surface area contributed by atoms with Crippen LogP contribution in [0.25, 0.3) is 0 Å². The molecule has 0 saturated heterocycles. The molecule has 0 spiro atoms. The van der Waals surface area contributed by atoms with E-state index in [0.29, 0.717) is 0 Å². The quantitative estimate of drug-likeness (QED) is 0.588. The largest absolute Gasteiger partial charge is 0.356 e. The summed E-state index contributed by atoms with van der Waals surface area (Å²) in [6, 6.07) is 0. The summed E-state index contributed by atoms with van der Waals surface area (Å²) in [5, 5.41) is 2.89. The van der Waals surface area contributed by atoms with E-state index >= 15 is 0 Å². The number of carbonyl (C=O) groups excluding carboxylic acids is 1. The van der Waals surface area contributed by atoms with Gasteiger partial charge in [0, 0.05) is 12.5 Å². The fourth-order valence-corrected chi connectivity index (χ4v) is 1.04. The Balaban J connectivity index is 3.12. The average molecular weight is 186 g/mol. The molecule has 0 rings (SSSR count). The first-order valence-electron chi connectivity index (χ1n) is 5.16. The maximum Gasteiger partial charge on any atom is 0.222 e. The lowest BCUT2D eigenvalue weighted by Crippen LogP contribution is -2.28. The molecule has 0 heterocycles. The Kier molecular flexibility index (Phi) is 7.69. The van der Waals surface area contributed by atoms with Gasteiger partial charge in [-0.3, -0.25) is 4.79 Å². The topological polar surface area (TPSA) is 55.1 Å². The maximum atomic E-state index is 11.1. The fraction of sp³-hybridized carbons (Fsp3) is 0.900. The Morgan fingerprint density at radius 3 is 2.38 bits per heavy atom. The van der Waals surface area contributed by atoms with Crippen molar-refractivity contribution in [1.82, 2.24) is 5.32 Å². The number of hydrogen-bond donors (Lipinski definition) is 2. The van der Waals surface area contributed by atoms with Crippen LogP contribution in [0.15, 0.2) is 0 Å². The number of carbonyl (C=O) groups is 1. The van der Waals surface area contributed by atoms with Gasteiger partial charge in [-0.15, -0.1) is 0 Å². The Morgan fingerprint density at radius 1 is 1.23 bits per heavy atom. The molecule has 0 atom stereocenters. The van der Waals surface area contributed by atoms with Crippen molar-refractivity contribution in [3.8, 4) is 0 Å². The fourth-order valence-electron chi connectivity index (χ4n) is 1.04. The molecule has 0 unspecified atom stereocenters. The molecule has 1 amide bonds. The highest BCUT2D eigenvalue weighted by Crippen LogP contribution is 1.97. The van der Waals surface area contributed by atoms with Crippen LogP contribution in [0, 0.1) is 5.92 Å². The molecular formula is C10H22N2O. The molecule has 0 radical (unpaired) electrons. The smallest absolute Gasteiger partial charge is 0.222 e. The Morgan fingerprint density at radius 2 is 1.85 bits per heavy atom. The molecule has 3 heteroatoms. The van der Waals surface area contributed by atoms with E-state index in [0.717, 1.165) is 32.4 Å². The van der Waals surface area contributed by atoms with Crippen molar-refractivity contribution >= 4 is 5.91 Å². The molecule has 0 bridgehead atoms. The van der Waals surface area contributed by atoms with Gasteiger partial charge in [-0.2, -0.15) is 0 Å². The second-order valence-electron chi connectivity index (χ2n) is 3.65. The van der Waals surface area contributed by atoms with E-state index in [-0.39, 0.29) is 11.8 Å². The van der Waals surface area contributed by atoms with E-state index in [4.69, 9.17) is 5.73 Å². The minimum Gasteiger partial charge on any atom is -0.356 e. The van der Waals surface area contributed by atoms with Gasteiger partial charge < -0.3 is 11.1 Å². The van der Waals surface area contributed by atoms with E-state index in [1.165, 1.54) is 6.42 Å². The average Bonchev–Trinajstić information content (AvgIpc) is 2.10. The number of amides is 1. The summed E-state index contributed by atoms with van der Waals surface area (Å²) in [5.41, 5.74) is 5.36. The van der Waals surface area contributed by atoms with Crippen molar-refractivity contribution in [3.05, 3.63) is 0 Å². The lowest BCUT2D eigenvalue weighted by atomic mass is 10.2. The van der Waals surface area contributed by atoms with Crippen molar-refractivity contribution in [1.29, 1.82) is 0 Å². The predicted octanol–water partition coefficient (Wildman–Crippen LogP) is 1.28. The molecule has 0 aliphatic heterocycles. The van der Waals surface area contributed by atoms with Crippen LogP contribution in [-0.2, 0) is 4.79 Å². The van der Waals surface area contributed by atoms with Gasteiger partial charge in [-0.05, 0) is 19.4 Å². The lowest BCUT2D eigenvalue weighted by molar-refractivity contribution is -0.123. The molecule has 3 nitrogen and oxygen atoms in total. The molecule has 0 aromatic heterocycles. The van der Waals surface area contributed by atoms with Crippen LogP contribution in [-0.4, -0.2) is 19.0 Å². The lowest BCUT2D eigenvalue weighted by Gasteiger charge is -2.06. The molecule has 0 fully saturated rings. The first kappa shape index (κ1) is 12.4. The summed E-state index contributed by atoms with van der Waals surface area (Å²) in [6.45, 7) is 5.40. The number of unbranched alkanes of at least 4 members (excludes halogenated alkanes) is 3. The minimum atomic E-state index is 0.101. The van der Waals surface area contributed by atoms with Crippen LogP contribution in [0.4, 0.5) is 0 Å². The number of nitrogens with one attached hydrogen (secondary N) is 1. The molecular weight excluding hydrogens is 164 g/mol. The van der Waals surface area contributed by atoms with Gasteiger partial charge in [0.1, 0.15) is 0 Å². The van der Waals surface area contributed by atoms with E-state index in [2.05, 4.69) is 5.32 Å². The molecule has 0 aromatic rings. The van der Waals surface area contributed by atoms with E-state index in [9.17, 15) is 4.79 Å². The normalized spacial score (nSPS) is 10.5. The Hall–Kier alpha value is -0.570. The van der Waals surface area contributed by atoms with Crippen LogP contribution >= 0.6 is 0 Å². The van der Waals surface area contributed by atoms with Crippen LogP contribution in [0.1, 0.15) is 39.5 Å². The molecule has 0 aliphatic carbocycles. The van der Waals surface area contributed by atoms with Gasteiger partial charge >= 0.3 is 0 Å². The molecule has 78 valence electrons. The van der Waals surface area contributed by atoms with Crippen molar-refractivity contribution in [2.45, 2.75) is 39.5 Å². The first-order valence-corrected chi connectivity index (χ1v) is 5.16. The molecule has 13 heavy (non-hydrogen) atoms.